The predicted molar refractivity (Wildman–Crippen MR) is 73.1 cm³/mol. The summed E-state index contributed by atoms with van der Waals surface area (Å²) in [6.45, 7) is 4.79. The van der Waals surface area contributed by atoms with Crippen molar-refractivity contribution in [2.45, 2.75) is 20.3 Å². The summed E-state index contributed by atoms with van der Waals surface area (Å²) in [7, 11) is 1.32. The normalized spacial score (nSPS) is 10.8. The third kappa shape index (κ3) is 3.76. The molecule has 0 unspecified atom stereocenters. The van der Waals surface area contributed by atoms with Gasteiger partial charge in [0.15, 0.2) is 5.13 Å². The molecule has 0 saturated carbocycles. The van der Waals surface area contributed by atoms with Crippen molar-refractivity contribution >= 4 is 28.2 Å². The fourth-order valence-electron chi connectivity index (χ4n) is 1.57. The SMILES string of the molecule is CCN(CC)c1nc(N)c(C(=O)N(C)CC(F)F)s1. The van der Waals surface area contributed by atoms with E-state index in [-0.39, 0.29) is 10.7 Å². The summed E-state index contributed by atoms with van der Waals surface area (Å²) in [6.07, 6.45) is -2.56. The van der Waals surface area contributed by atoms with Gasteiger partial charge in [0.1, 0.15) is 10.7 Å². The van der Waals surface area contributed by atoms with Gasteiger partial charge in [-0.1, -0.05) is 11.3 Å². The summed E-state index contributed by atoms with van der Waals surface area (Å²) in [5.41, 5.74) is 5.70. The van der Waals surface area contributed by atoms with Gasteiger partial charge in [0.2, 0.25) is 0 Å². The summed E-state index contributed by atoms with van der Waals surface area (Å²) in [5.74, 6) is -0.424. The smallest absolute Gasteiger partial charge is 0.267 e. The van der Waals surface area contributed by atoms with Crippen LogP contribution in [0, 0.1) is 0 Å². The lowest BCUT2D eigenvalue weighted by molar-refractivity contribution is 0.0625. The molecule has 1 aromatic heterocycles. The third-order valence-corrected chi connectivity index (χ3v) is 3.75. The Hall–Kier alpha value is -1.44. The Morgan fingerprint density at radius 2 is 2.00 bits per heavy atom. The van der Waals surface area contributed by atoms with Gasteiger partial charge in [-0.15, -0.1) is 0 Å². The van der Waals surface area contributed by atoms with Gasteiger partial charge in [-0.25, -0.2) is 13.8 Å². The van der Waals surface area contributed by atoms with Gasteiger partial charge < -0.3 is 15.5 Å². The molecule has 1 amide bonds. The topological polar surface area (TPSA) is 62.5 Å². The molecule has 1 aromatic rings. The number of anilines is 2. The first-order chi connectivity index (χ1) is 8.90. The van der Waals surface area contributed by atoms with Crippen LogP contribution in [0.25, 0.3) is 0 Å². The van der Waals surface area contributed by atoms with E-state index in [9.17, 15) is 13.6 Å². The molecule has 1 heterocycles. The number of carbonyl (C=O) groups excluding carboxylic acids is 1. The average Bonchev–Trinajstić information content (AvgIpc) is 2.71. The van der Waals surface area contributed by atoms with Gasteiger partial charge in [0.05, 0.1) is 6.54 Å². The number of amides is 1. The van der Waals surface area contributed by atoms with Gasteiger partial charge in [0, 0.05) is 20.1 Å². The van der Waals surface area contributed by atoms with Crippen molar-refractivity contribution in [1.29, 1.82) is 0 Å². The standard InChI is InChI=1S/C11H18F2N4OS/c1-4-17(5-2)11-15-9(14)8(19-11)10(18)16(3)6-7(12)13/h7H,4-6,14H2,1-3H3. The minimum Gasteiger partial charge on any atom is -0.382 e. The molecule has 0 aliphatic rings. The quantitative estimate of drug-likeness (QED) is 0.870. The number of rotatable bonds is 6. The number of halogens is 2. The Labute approximate surface area is 115 Å². The van der Waals surface area contributed by atoms with E-state index in [1.54, 1.807) is 0 Å². The highest BCUT2D eigenvalue weighted by Gasteiger charge is 2.23. The number of carbonyl (C=O) groups is 1. The number of aromatic nitrogens is 1. The molecule has 108 valence electrons. The molecular weight excluding hydrogens is 274 g/mol. The number of thiazole rings is 1. The van der Waals surface area contributed by atoms with Gasteiger partial charge in [-0.2, -0.15) is 0 Å². The Balaban J connectivity index is 2.92. The molecule has 8 heteroatoms. The van der Waals surface area contributed by atoms with Crippen LogP contribution < -0.4 is 10.6 Å². The lowest BCUT2D eigenvalue weighted by atomic mass is 10.4. The summed E-state index contributed by atoms with van der Waals surface area (Å²) >= 11 is 1.13. The highest BCUT2D eigenvalue weighted by atomic mass is 32.1. The fourth-order valence-corrected chi connectivity index (χ4v) is 2.67. The molecule has 0 saturated heterocycles. The molecule has 0 bridgehead atoms. The van der Waals surface area contributed by atoms with Crippen LogP contribution in [-0.2, 0) is 0 Å². The zero-order valence-corrected chi connectivity index (χ0v) is 12.0. The van der Waals surface area contributed by atoms with E-state index >= 15 is 0 Å². The molecule has 2 N–H and O–H groups in total. The number of hydrogen-bond acceptors (Lipinski definition) is 5. The molecule has 0 spiro atoms. The van der Waals surface area contributed by atoms with Gasteiger partial charge in [0.25, 0.3) is 12.3 Å². The van der Waals surface area contributed by atoms with E-state index < -0.39 is 18.9 Å². The zero-order chi connectivity index (χ0) is 14.6. The second-order valence-corrected chi connectivity index (χ2v) is 4.94. The van der Waals surface area contributed by atoms with Crippen LogP contribution in [-0.4, -0.2) is 48.9 Å². The van der Waals surface area contributed by atoms with Crippen molar-refractivity contribution in [3.8, 4) is 0 Å². The van der Waals surface area contributed by atoms with Crippen molar-refractivity contribution in [3.05, 3.63) is 4.88 Å². The lowest BCUT2D eigenvalue weighted by Gasteiger charge is -2.16. The van der Waals surface area contributed by atoms with E-state index in [0.717, 1.165) is 29.3 Å². The first kappa shape index (κ1) is 15.6. The molecule has 0 aliphatic carbocycles. The van der Waals surface area contributed by atoms with E-state index in [2.05, 4.69) is 4.98 Å². The number of nitrogens with zero attached hydrogens (tertiary/aromatic N) is 3. The Morgan fingerprint density at radius 3 is 2.47 bits per heavy atom. The van der Waals surface area contributed by atoms with Crippen LogP contribution in [0.3, 0.4) is 0 Å². The molecule has 0 aromatic carbocycles. The fraction of sp³-hybridized carbons (Fsp3) is 0.636. The maximum atomic E-state index is 12.3. The molecule has 19 heavy (non-hydrogen) atoms. The van der Waals surface area contributed by atoms with Gasteiger partial charge >= 0.3 is 0 Å². The van der Waals surface area contributed by atoms with E-state index in [0.29, 0.717) is 5.13 Å². The van der Waals surface area contributed by atoms with E-state index in [1.165, 1.54) is 7.05 Å². The minimum atomic E-state index is -2.56. The number of nitrogen functional groups attached to an aromatic ring is 1. The van der Waals surface area contributed by atoms with Crippen molar-refractivity contribution in [3.63, 3.8) is 0 Å². The van der Waals surface area contributed by atoms with Crippen LogP contribution in [0.4, 0.5) is 19.7 Å². The van der Waals surface area contributed by atoms with Crippen LogP contribution in [0.15, 0.2) is 0 Å². The van der Waals surface area contributed by atoms with Crippen LogP contribution >= 0.6 is 11.3 Å². The molecule has 0 aliphatic heterocycles. The Kier molecular flexibility index (Phi) is 5.46. The summed E-state index contributed by atoms with van der Waals surface area (Å²) in [6, 6.07) is 0. The maximum absolute atomic E-state index is 12.3. The first-order valence-electron chi connectivity index (χ1n) is 5.95. The van der Waals surface area contributed by atoms with Gasteiger partial charge in [-0.3, -0.25) is 4.79 Å². The highest BCUT2D eigenvalue weighted by Crippen LogP contribution is 2.29. The number of nitrogens with two attached hydrogens (primary N) is 1. The summed E-state index contributed by atoms with van der Waals surface area (Å²) in [5, 5.41) is 0.635. The first-order valence-corrected chi connectivity index (χ1v) is 6.77. The average molecular weight is 292 g/mol. The van der Waals surface area contributed by atoms with Crippen molar-refractivity contribution in [1.82, 2.24) is 9.88 Å². The monoisotopic (exact) mass is 292 g/mol. The second kappa shape index (κ2) is 6.65. The van der Waals surface area contributed by atoms with Crippen LogP contribution in [0.2, 0.25) is 0 Å². The second-order valence-electron chi connectivity index (χ2n) is 3.96. The molecular formula is C11H18F2N4OS. The van der Waals surface area contributed by atoms with Crippen LogP contribution in [0.1, 0.15) is 23.5 Å². The van der Waals surface area contributed by atoms with Crippen molar-refractivity contribution in [2.24, 2.45) is 0 Å². The molecule has 5 nitrogen and oxygen atoms in total. The largest absolute Gasteiger partial charge is 0.382 e. The molecule has 0 fully saturated rings. The number of hydrogen-bond donors (Lipinski definition) is 1. The van der Waals surface area contributed by atoms with Crippen molar-refractivity contribution in [2.75, 3.05) is 37.3 Å². The van der Waals surface area contributed by atoms with E-state index in [1.807, 2.05) is 18.7 Å². The highest BCUT2D eigenvalue weighted by molar-refractivity contribution is 7.18. The minimum absolute atomic E-state index is 0.0954. The van der Waals surface area contributed by atoms with E-state index in [4.69, 9.17) is 5.73 Å². The lowest BCUT2D eigenvalue weighted by Crippen LogP contribution is -2.31. The Morgan fingerprint density at radius 1 is 1.42 bits per heavy atom. The van der Waals surface area contributed by atoms with Crippen molar-refractivity contribution < 1.29 is 13.6 Å². The van der Waals surface area contributed by atoms with Gasteiger partial charge in [-0.05, 0) is 13.8 Å². The predicted octanol–water partition coefficient (Wildman–Crippen LogP) is 1.91. The maximum Gasteiger partial charge on any atom is 0.267 e. The third-order valence-electron chi connectivity index (χ3n) is 2.63. The molecule has 0 radical (unpaired) electrons. The zero-order valence-electron chi connectivity index (χ0n) is 11.2. The summed E-state index contributed by atoms with van der Waals surface area (Å²) in [4.78, 5) is 19.2. The Bertz CT molecular complexity index is 434. The van der Waals surface area contributed by atoms with Crippen LogP contribution in [0.5, 0.6) is 0 Å². The summed E-state index contributed by atoms with van der Waals surface area (Å²) < 4.78 is 24.5. The number of alkyl halides is 2. The molecule has 1 rings (SSSR count). The molecule has 0 atom stereocenters.